The Morgan fingerprint density at radius 1 is 0.957 bits per heavy atom. The van der Waals surface area contributed by atoms with Gasteiger partial charge in [0.2, 0.25) is 0 Å². The predicted octanol–water partition coefficient (Wildman–Crippen LogP) is 2.13. The highest BCUT2D eigenvalue weighted by Crippen LogP contribution is 2.22. The van der Waals surface area contributed by atoms with Gasteiger partial charge >= 0.3 is 0 Å². The summed E-state index contributed by atoms with van der Waals surface area (Å²) in [5, 5.41) is 0. The van der Waals surface area contributed by atoms with E-state index in [9.17, 15) is 18.4 Å². The normalized spacial score (nSPS) is 15.0. The van der Waals surface area contributed by atoms with Crippen LogP contribution in [0.2, 0.25) is 0 Å². The minimum absolute atomic E-state index is 0.0192. The third kappa shape index (κ3) is 2.85. The van der Waals surface area contributed by atoms with Crippen LogP contribution >= 0.6 is 0 Å². The van der Waals surface area contributed by atoms with Crippen LogP contribution in [0.3, 0.4) is 0 Å². The van der Waals surface area contributed by atoms with Crippen LogP contribution in [0, 0.1) is 11.6 Å². The second kappa shape index (κ2) is 5.89. The van der Waals surface area contributed by atoms with Crippen LogP contribution in [0.4, 0.5) is 8.78 Å². The second-order valence-corrected chi connectivity index (χ2v) is 5.48. The van der Waals surface area contributed by atoms with Crippen LogP contribution in [0.5, 0.6) is 0 Å². The van der Waals surface area contributed by atoms with E-state index < -0.39 is 17.7 Å². The van der Waals surface area contributed by atoms with E-state index in [4.69, 9.17) is 5.73 Å². The molecule has 0 saturated carbocycles. The fourth-order valence-electron chi connectivity index (χ4n) is 2.67. The number of rotatable bonds is 4. The molecule has 0 aromatic heterocycles. The molecule has 0 fully saturated rings. The largest absolute Gasteiger partial charge is 0.326 e. The Labute approximate surface area is 131 Å². The number of benzene rings is 2. The number of hydrogen-bond donors (Lipinski definition) is 1. The molecule has 23 heavy (non-hydrogen) atoms. The molecule has 2 amide bonds. The molecule has 0 aliphatic carbocycles. The van der Waals surface area contributed by atoms with Gasteiger partial charge in [0.15, 0.2) is 11.6 Å². The monoisotopic (exact) mass is 316 g/mol. The molecule has 1 atom stereocenters. The van der Waals surface area contributed by atoms with E-state index in [0.717, 1.165) is 17.0 Å². The van der Waals surface area contributed by atoms with Crippen molar-refractivity contribution in [3.8, 4) is 0 Å². The highest BCUT2D eigenvalue weighted by atomic mass is 19.2. The molecule has 4 nitrogen and oxygen atoms in total. The van der Waals surface area contributed by atoms with E-state index in [0.29, 0.717) is 16.7 Å². The van der Waals surface area contributed by atoms with E-state index in [2.05, 4.69) is 0 Å². The number of nitrogens with zero attached hydrogens (tertiary/aromatic N) is 1. The molecule has 118 valence electrons. The van der Waals surface area contributed by atoms with Gasteiger partial charge in [0.05, 0.1) is 11.1 Å². The zero-order valence-electron chi connectivity index (χ0n) is 12.1. The van der Waals surface area contributed by atoms with Crippen LogP contribution < -0.4 is 5.73 Å². The summed E-state index contributed by atoms with van der Waals surface area (Å²) in [6, 6.07) is 9.52. The van der Waals surface area contributed by atoms with Crippen molar-refractivity contribution in [2.24, 2.45) is 5.73 Å². The van der Waals surface area contributed by atoms with Crippen LogP contribution in [-0.4, -0.2) is 29.3 Å². The Morgan fingerprint density at radius 3 is 2.13 bits per heavy atom. The van der Waals surface area contributed by atoms with Crippen molar-refractivity contribution < 1.29 is 18.4 Å². The molecule has 0 spiro atoms. The Balaban J connectivity index is 1.71. The lowest BCUT2D eigenvalue weighted by atomic mass is 10.1. The zero-order valence-corrected chi connectivity index (χ0v) is 12.1. The molecular weight excluding hydrogens is 302 g/mol. The smallest absolute Gasteiger partial charge is 0.261 e. The van der Waals surface area contributed by atoms with Gasteiger partial charge in [-0.3, -0.25) is 14.5 Å². The molecular formula is C17H14F2N2O2. The molecule has 1 heterocycles. The van der Waals surface area contributed by atoms with Gasteiger partial charge < -0.3 is 5.73 Å². The summed E-state index contributed by atoms with van der Waals surface area (Å²) in [5.41, 5.74) is 7.20. The lowest BCUT2D eigenvalue weighted by Crippen LogP contribution is -2.41. The van der Waals surface area contributed by atoms with Gasteiger partial charge in [0, 0.05) is 12.6 Å². The van der Waals surface area contributed by atoms with Gasteiger partial charge in [-0.1, -0.05) is 18.2 Å². The van der Waals surface area contributed by atoms with Crippen molar-refractivity contribution >= 4 is 11.8 Å². The molecule has 6 heteroatoms. The van der Waals surface area contributed by atoms with E-state index in [-0.39, 0.29) is 24.8 Å². The maximum absolute atomic E-state index is 13.2. The maximum Gasteiger partial charge on any atom is 0.261 e. The number of carbonyl (C=O) groups excluding carboxylic acids is 2. The first-order valence-corrected chi connectivity index (χ1v) is 7.12. The van der Waals surface area contributed by atoms with Crippen LogP contribution in [0.25, 0.3) is 0 Å². The van der Waals surface area contributed by atoms with Gasteiger partial charge in [-0.25, -0.2) is 8.78 Å². The van der Waals surface area contributed by atoms with E-state index in [1.807, 2.05) is 0 Å². The van der Waals surface area contributed by atoms with Crippen molar-refractivity contribution in [1.29, 1.82) is 0 Å². The van der Waals surface area contributed by atoms with Gasteiger partial charge in [-0.15, -0.1) is 0 Å². The highest BCUT2D eigenvalue weighted by Gasteiger charge is 2.35. The molecule has 2 aromatic carbocycles. The number of nitrogens with two attached hydrogens (primary N) is 1. The van der Waals surface area contributed by atoms with Crippen molar-refractivity contribution in [1.82, 2.24) is 4.90 Å². The van der Waals surface area contributed by atoms with E-state index >= 15 is 0 Å². The summed E-state index contributed by atoms with van der Waals surface area (Å²) in [5.74, 6) is -2.64. The minimum Gasteiger partial charge on any atom is -0.326 e. The number of amides is 2. The quantitative estimate of drug-likeness (QED) is 0.879. The molecule has 1 unspecified atom stereocenters. The number of carbonyl (C=O) groups is 2. The molecule has 0 radical (unpaired) electrons. The van der Waals surface area contributed by atoms with Gasteiger partial charge in [0.25, 0.3) is 11.8 Å². The summed E-state index contributed by atoms with van der Waals surface area (Å²) in [6.45, 7) is 0.0192. The predicted molar refractivity (Wildman–Crippen MR) is 79.8 cm³/mol. The first-order chi connectivity index (χ1) is 11.0. The van der Waals surface area contributed by atoms with Crippen molar-refractivity contribution in [3.05, 3.63) is 70.8 Å². The van der Waals surface area contributed by atoms with Crippen LogP contribution in [0.15, 0.2) is 42.5 Å². The fourth-order valence-corrected chi connectivity index (χ4v) is 2.67. The minimum atomic E-state index is -0.949. The van der Waals surface area contributed by atoms with E-state index in [1.165, 1.54) is 6.07 Å². The van der Waals surface area contributed by atoms with Gasteiger partial charge in [0.1, 0.15) is 0 Å². The zero-order chi connectivity index (χ0) is 16.6. The summed E-state index contributed by atoms with van der Waals surface area (Å²) < 4.78 is 26.1. The average molecular weight is 316 g/mol. The maximum atomic E-state index is 13.2. The summed E-state index contributed by atoms with van der Waals surface area (Å²) in [6.07, 6.45) is 0.227. The summed E-state index contributed by atoms with van der Waals surface area (Å²) in [7, 11) is 0. The summed E-state index contributed by atoms with van der Waals surface area (Å²) >= 11 is 0. The van der Waals surface area contributed by atoms with Crippen LogP contribution in [0.1, 0.15) is 26.3 Å². The lowest BCUT2D eigenvalue weighted by molar-refractivity contribution is 0.0644. The molecule has 3 rings (SSSR count). The standard InChI is InChI=1S/C17H14F2N2O2/c18-14-6-5-10(8-15(14)19)7-11(20)9-21-16(22)12-3-1-2-4-13(12)17(21)23/h1-6,8,11H,7,9,20H2. The first-order valence-electron chi connectivity index (χ1n) is 7.12. The molecule has 1 aliphatic heterocycles. The lowest BCUT2D eigenvalue weighted by Gasteiger charge is -2.19. The Kier molecular flexibility index (Phi) is 3.92. The van der Waals surface area contributed by atoms with Crippen molar-refractivity contribution in [2.45, 2.75) is 12.5 Å². The Hall–Kier alpha value is -2.60. The molecule has 2 N–H and O–H groups in total. The second-order valence-electron chi connectivity index (χ2n) is 5.48. The number of imide groups is 1. The Bertz CT molecular complexity index is 757. The number of halogens is 2. The highest BCUT2D eigenvalue weighted by molar-refractivity contribution is 6.21. The fraction of sp³-hybridized carbons (Fsp3) is 0.176. The molecule has 0 bridgehead atoms. The van der Waals surface area contributed by atoms with E-state index in [1.54, 1.807) is 24.3 Å². The third-order valence-corrected chi connectivity index (χ3v) is 3.78. The summed E-state index contributed by atoms with van der Waals surface area (Å²) in [4.78, 5) is 25.6. The molecule has 1 aliphatic rings. The molecule has 0 saturated heterocycles. The average Bonchev–Trinajstić information content (AvgIpc) is 2.76. The third-order valence-electron chi connectivity index (χ3n) is 3.78. The first kappa shape index (κ1) is 15.3. The molecule has 2 aromatic rings. The van der Waals surface area contributed by atoms with Crippen LogP contribution in [-0.2, 0) is 6.42 Å². The number of fused-ring (bicyclic) bond motifs is 1. The van der Waals surface area contributed by atoms with Gasteiger partial charge in [-0.2, -0.15) is 0 Å². The Morgan fingerprint density at radius 2 is 1.57 bits per heavy atom. The SMILES string of the molecule is NC(Cc1ccc(F)c(F)c1)CN1C(=O)c2ccccc2C1=O. The van der Waals surface area contributed by atoms with Crippen molar-refractivity contribution in [3.63, 3.8) is 0 Å². The van der Waals surface area contributed by atoms with Crippen molar-refractivity contribution in [2.75, 3.05) is 6.54 Å². The number of hydrogen-bond acceptors (Lipinski definition) is 3. The van der Waals surface area contributed by atoms with Gasteiger partial charge in [-0.05, 0) is 36.2 Å². The topological polar surface area (TPSA) is 63.4 Å².